The number of carboxylic acids is 1. The van der Waals surface area contributed by atoms with Crippen LogP contribution in [0.1, 0.15) is 11.1 Å². The van der Waals surface area contributed by atoms with Gasteiger partial charge in [-0.3, -0.25) is 4.79 Å². The molecule has 82 valence electrons. The Morgan fingerprint density at radius 3 is 2.73 bits per heavy atom. The van der Waals surface area contributed by atoms with Crippen molar-refractivity contribution in [2.45, 2.75) is 20.0 Å². The van der Waals surface area contributed by atoms with E-state index in [0.29, 0.717) is 5.56 Å². The molecule has 0 bridgehead atoms. The van der Waals surface area contributed by atoms with E-state index in [0.717, 1.165) is 0 Å². The van der Waals surface area contributed by atoms with Gasteiger partial charge in [0.15, 0.2) is 0 Å². The number of hydrogen-bond donors (Lipinski definition) is 1. The molecule has 1 rings (SSSR count). The van der Waals surface area contributed by atoms with E-state index in [1.165, 1.54) is 6.07 Å². The van der Waals surface area contributed by atoms with Crippen molar-refractivity contribution in [2.75, 3.05) is 0 Å². The highest BCUT2D eigenvalue weighted by Gasteiger charge is 2.13. The first-order valence-electron chi connectivity index (χ1n) is 4.26. The van der Waals surface area contributed by atoms with Crippen molar-refractivity contribution in [2.24, 2.45) is 0 Å². The van der Waals surface area contributed by atoms with E-state index in [-0.39, 0.29) is 17.7 Å². The molecule has 0 saturated heterocycles. The number of para-hydroxylation sites is 1. The van der Waals surface area contributed by atoms with Gasteiger partial charge in [-0.15, -0.1) is 0 Å². The molecule has 3 nitrogen and oxygen atoms in total. The summed E-state index contributed by atoms with van der Waals surface area (Å²) in [4.78, 5) is 10.5. The zero-order chi connectivity index (χ0) is 11.4. The molecule has 0 unspecified atom stereocenters. The molecule has 0 aliphatic carbocycles. The van der Waals surface area contributed by atoms with Crippen LogP contribution in [0.5, 0.6) is 5.75 Å². The molecule has 1 N–H and O–H groups in total. The second-order valence-electron chi connectivity index (χ2n) is 3.01. The molecule has 5 heteroatoms. The molecular weight excluding hydrogens is 206 g/mol. The van der Waals surface area contributed by atoms with Crippen molar-refractivity contribution in [1.82, 2.24) is 0 Å². The molecule has 0 heterocycles. The van der Waals surface area contributed by atoms with E-state index < -0.39 is 12.6 Å². The Kier molecular flexibility index (Phi) is 3.60. The Hall–Kier alpha value is -1.65. The van der Waals surface area contributed by atoms with Gasteiger partial charge in [0.25, 0.3) is 0 Å². The van der Waals surface area contributed by atoms with Crippen LogP contribution in [0.3, 0.4) is 0 Å². The summed E-state index contributed by atoms with van der Waals surface area (Å²) in [5, 5.41) is 8.57. The monoisotopic (exact) mass is 216 g/mol. The summed E-state index contributed by atoms with van der Waals surface area (Å²) < 4.78 is 28.4. The summed E-state index contributed by atoms with van der Waals surface area (Å²) in [5.74, 6) is -1.13. The van der Waals surface area contributed by atoms with Crippen LogP contribution < -0.4 is 4.74 Å². The lowest BCUT2D eigenvalue weighted by atomic mass is 10.1. The quantitative estimate of drug-likeness (QED) is 0.839. The van der Waals surface area contributed by atoms with Crippen LogP contribution in [-0.2, 0) is 11.2 Å². The van der Waals surface area contributed by atoms with Crippen LogP contribution in [0.15, 0.2) is 18.2 Å². The van der Waals surface area contributed by atoms with Gasteiger partial charge in [-0.1, -0.05) is 18.2 Å². The SMILES string of the molecule is Cc1cccc(CC(=O)O)c1OC(F)F. The van der Waals surface area contributed by atoms with E-state index >= 15 is 0 Å². The van der Waals surface area contributed by atoms with Gasteiger partial charge in [0, 0.05) is 5.56 Å². The summed E-state index contributed by atoms with van der Waals surface area (Å²) in [6.45, 7) is -1.36. The number of aryl methyl sites for hydroxylation is 1. The molecule has 0 atom stereocenters. The summed E-state index contributed by atoms with van der Waals surface area (Å²) >= 11 is 0. The standard InChI is InChI=1S/C10H10F2O3/c1-6-3-2-4-7(5-8(13)14)9(6)15-10(11)12/h2-4,10H,5H2,1H3,(H,13,14). The molecule has 0 aliphatic heterocycles. The van der Waals surface area contributed by atoms with Crippen molar-refractivity contribution in [3.8, 4) is 5.75 Å². The van der Waals surface area contributed by atoms with Gasteiger partial charge in [0.05, 0.1) is 6.42 Å². The minimum atomic E-state index is -2.95. The summed E-state index contributed by atoms with van der Waals surface area (Å²) in [6, 6.07) is 4.65. The third-order valence-corrected chi connectivity index (χ3v) is 1.84. The Bertz CT molecular complexity index is 364. The van der Waals surface area contributed by atoms with Crippen LogP contribution in [0, 0.1) is 6.92 Å². The van der Waals surface area contributed by atoms with Crippen LogP contribution in [0.2, 0.25) is 0 Å². The first-order chi connectivity index (χ1) is 7.00. The molecule has 0 aromatic heterocycles. The average molecular weight is 216 g/mol. The van der Waals surface area contributed by atoms with Gasteiger partial charge < -0.3 is 9.84 Å². The predicted octanol–water partition coefficient (Wildman–Crippen LogP) is 2.22. The first-order valence-corrected chi connectivity index (χ1v) is 4.26. The fourth-order valence-corrected chi connectivity index (χ4v) is 1.27. The van der Waals surface area contributed by atoms with E-state index in [4.69, 9.17) is 5.11 Å². The third kappa shape index (κ3) is 3.19. The van der Waals surface area contributed by atoms with Crippen LogP contribution in [0.4, 0.5) is 8.78 Å². The van der Waals surface area contributed by atoms with Gasteiger partial charge in [0.1, 0.15) is 5.75 Å². The highest BCUT2D eigenvalue weighted by atomic mass is 19.3. The number of alkyl halides is 2. The number of aliphatic carboxylic acids is 1. The van der Waals surface area contributed by atoms with Crippen LogP contribution in [-0.4, -0.2) is 17.7 Å². The molecule has 0 radical (unpaired) electrons. The summed E-state index contributed by atoms with van der Waals surface area (Å²) in [7, 11) is 0. The van der Waals surface area contributed by atoms with Crippen molar-refractivity contribution in [3.63, 3.8) is 0 Å². The number of carbonyl (C=O) groups is 1. The second-order valence-corrected chi connectivity index (χ2v) is 3.01. The second kappa shape index (κ2) is 4.72. The van der Waals surface area contributed by atoms with Crippen LogP contribution >= 0.6 is 0 Å². The molecule has 0 spiro atoms. The average Bonchev–Trinajstić information content (AvgIpc) is 2.09. The van der Waals surface area contributed by atoms with Crippen LogP contribution in [0.25, 0.3) is 0 Å². The molecule has 0 amide bonds. The molecule has 0 saturated carbocycles. The Morgan fingerprint density at radius 1 is 1.53 bits per heavy atom. The third-order valence-electron chi connectivity index (χ3n) is 1.84. The minimum absolute atomic E-state index is 0.0464. The number of rotatable bonds is 4. The maximum atomic E-state index is 12.0. The topological polar surface area (TPSA) is 46.5 Å². The lowest BCUT2D eigenvalue weighted by Crippen LogP contribution is -2.08. The van der Waals surface area contributed by atoms with E-state index in [9.17, 15) is 13.6 Å². The molecule has 1 aromatic carbocycles. The first kappa shape index (κ1) is 11.4. The smallest absolute Gasteiger partial charge is 0.387 e. The Morgan fingerprint density at radius 2 is 2.20 bits per heavy atom. The maximum Gasteiger partial charge on any atom is 0.387 e. The Labute approximate surface area is 85.3 Å². The number of ether oxygens (including phenoxy) is 1. The predicted molar refractivity (Wildman–Crippen MR) is 49.2 cm³/mol. The van der Waals surface area contributed by atoms with E-state index in [1.54, 1.807) is 19.1 Å². The zero-order valence-electron chi connectivity index (χ0n) is 8.04. The lowest BCUT2D eigenvalue weighted by Gasteiger charge is -2.11. The van der Waals surface area contributed by atoms with E-state index in [1.807, 2.05) is 0 Å². The molecule has 15 heavy (non-hydrogen) atoms. The number of carboxylic acid groups (broad SMARTS) is 1. The van der Waals surface area contributed by atoms with Gasteiger partial charge >= 0.3 is 12.6 Å². The Balaban J connectivity index is 3.02. The summed E-state index contributed by atoms with van der Waals surface area (Å²) in [5.41, 5.74) is 0.747. The summed E-state index contributed by atoms with van der Waals surface area (Å²) in [6.07, 6.45) is -0.330. The van der Waals surface area contributed by atoms with Gasteiger partial charge in [-0.05, 0) is 12.5 Å². The van der Waals surface area contributed by atoms with Gasteiger partial charge in [0.2, 0.25) is 0 Å². The van der Waals surface area contributed by atoms with Crippen molar-refractivity contribution in [1.29, 1.82) is 0 Å². The molecule has 0 fully saturated rings. The van der Waals surface area contributed by atoms with Crippen molar-refractivity contribution in [3.05, 3.63) is 29.3 Å². The largest absolute Gasteiger partial charge is 0.481 e. The normalized spacial score (nSPS) is 10.4. The van der Waals surface area contributed by atoms with Gasteiger partial charge in [-0.25, -0.2) is 0 Å². The maximum absolute atomic E-state index is 12.0. The molecule has 1 aromatic rings. The number of hydrogen-bond acceptors (Lipinski definition) is 2. The fourth-order valence-electron chi connectivity index (χ4n) is 1.27. The van der Waals surface area contributed by atoms with Gasteiger partial charge in [-0.2, -0.15) is 8.78 Å². The molecular formula is C10H10F2O3. The van der Waals surface area contributed by atoms with Crippen molar-refractivity contribution < 1.29 is 23.4 Å². The highest BCUT2D eigenvalue weighted by molar-refractivity contribution is 5.71. The zero-order valence-corrected chi connectivity index (χ0v) is 8.04. The number of benzene rings is 1. The molecule has 0 aliphatic rings. The number of halogens is 2. The van der Waals surface area contributed by atoms with E-state index in [2.05, 4.69) is 4.74 Å². The highest BCUT2D eigenvalue weighted by Crippen LogP contribution is 2.25. The minimum Gasteiger partial charge on any atom is -0.481 e. The van der Waals surface area contributed by atoms with Crippen molar-refractivity contribution >= 4 is 5.97 Å². The fraction of sp³-hybridized carbons (Fsp3) is 0.300. The lowest BCUT2D eigenvalue weighted by molar-refractivity contribution is -0.136.